The standard InChI is InChI=1S/C26H32N6O4/c1-25(2,3)35-24(34)31-26-9-13-7-14(10-26)19(15(8-13)11-26)29-20-16-5-4-6-18(16)28-12-17(20)23-30-22(21(27)33)32-36-23/h4-5,12-15,19H,6-11H2,1-3H3,(H2,27,33)(H,28,29)(H,31,34). The molecule has 2 heterocycles. The van der Waals surface area contributed by atoms with Crippen molar-refractivity contribution in [2.45, 2.75) is 76.5 Å². The highest BCUT2D eigenvalue weighted by Crippen LogP contribution is 2.57. The SMILES string of the molecule is CC(C)(C)OC(=O)NC12CC3CC(C1)C(Nc1c(-c4nc(C(N)=O)no4)cnc4c1C=CC4)C(C3)C2. The quantitative estimate of drug-likeness (QED) is 0.573. The minimum Gasteiger partial charge on any atom is -0.444 e. The number of fused-ring (bicyclic) bond motifs is 1. The number of nitrogens with one attached hydrogen (secondary N) is 2. The number of carbonyl (C=O) groups is 2. The maximum atomic E-state index is 12.7. The van der Waals surface area contributed by atoms with Crippen LogP contribution in [0.5, 0.6) is 0 Å². The lowest BCUT2D eigenvalue weighted by Crippen LogP contribution is -2.65. The molecule has 0 saturated heterocycles. The fourth-order valence-electron chi connectivity index (χ4n) is 7.05. The second kappa shape index (κ2) is 8.04. The summed E-state index contributed by atoms with van der Waals surface area (Å²) in [7, 11) is 0. The average molecular weight is 493 g/mol. The lowest BCUT2D eigenvalue weighted by Gasteiger charge is -2.60. The Labute approximate surface area is 209 Å². The smallest absolute Gasteiger partial charge is 0.408 e. The van der Waals surface area contributed by atoms with Crippen LogP contribution in [0, 0.1) is 17.8 Å². The second-order valence-corrected chi connectivity index (χ2v) is 11.8. The van der Waals surface area contributed by atoms with Gasteiger partial charge < -0.3 is 25.6 Å². The summed E-state index contributed by atoms with van der Waals surface area (Å²) in [5.74, 6) is 0.754. The molecule has 5 aliphatic rings. The summed E-state index contributed by atoms with van der Waals surface area (Å²) < 4.78 is 11.0. The van der Waals surface area contributed by atoms with Gasteiger partial charge in [-0.15, -0.1) is 0 Å². The number of hydrogen-bond acceptors (Lipinski definition) is 8. The van der Waals surface area contributed by atoms with Gasteiger partial charge in [-0.3, -0.25) is 9.78 Å². The highest BCUT2D eigenvalue weighted by molar-refractivity contribution is 5.90. The fraction of sp³-hybridized carbons (Fsp3) is 0.577. The zero-order valence-electron chi connectivity index (χ0n) is 20.8. The van der Waals surface area contributed by atoms with Gasteiger partial charge in [0.15, 0.2) is 0 Å². The molecular formula is C26H32N6O4. The number of aromatic nitrogens is 3. The van der Waals surface area contributed by atoms with Crippen molar-refractivity contribution < 1.29 is 18.8 Å². The number of pyridine rings is 1. The summed E-state index contributed by atoms with van der Waals surface area (Å²) in [5, 5.41) is 10.9. The molecular weight excluding hydrogens is 460 g/mol. The summed E-state index contributed by atoms with van der Waals surface area (Å²) in [6, 6.07) is 0.243. The first-order chi connectivity index (χ1) is 17.1. The fourth-order valence-corrected chi connectivity index (χ4v) is 7.05. The Kier molecular flexibility index (Phi) is 5.14. The number of ether oxygens (including phenoxy) is 1. The van der Waals surface area contributed by atoms with Gasteiger partial charge in [-0.25, -0.2) is 4.79 Å². The second-order valence-electron chi connectivity index (χ2n) is 11.8. The number of nitrogens with two attached hydrogens (primary N) is 1. The molecule has 2 atom stereocenters. The average Bonchev–Trinajstić information content (AvgIpc) is 3.43. The van der Waals surface area contributed by atoms with Crippen LogP contribution in [-0.4, -0.2) is 44.3 Å². The van der Waals surface area contributed by atoms with Gasteiger partial charge in [0.2, 0.25) is 0 Å². The summed E-state index contributed by atoms with van der Waals surface area (Å²) in [4.78, 5) is 33.0. The molecule has 7 rings (SSSR count). The van der Waals surface area contributed by atoms with Crippen LogP contribution in [0.15, 0.2) is 16.8 Å². The van der Waals surface area contributed by atoms with Crippen LogP contribution in [0.3, 0.4) is 0 Å². The normalized spacial score (nSPS) is 29.8. The molecule has 0 aromatic carbocycles. The van der Waals surface area contributed by atoms with E-state index < -0.39 is 11.5 Å². The molecule has 0 radical (unpaired) electrons. The highest BCUT2D eigenvalue weighted by Gasteiger charge is 2.56. The maximum Gasteiger partial charge on any atom is 0.408 e. The summed E-state index contributed by atoms with van der Waals surface area (Å²) >= 11 is 0. The van der Waals surface area contributed by atoms with Crippen LogP contribution >= 0.6 is 0 Å². The van der Waals surface area contributed by atoms with E-state index in [-0.39, 0.29) is 29.4 Å². The van der Waals surface area contributed by atoms with Gasteiger partial charge in [-0.05, 0) is 70.6 Å². The Hall–Kier alpha value is -3.43. The van der Waals surface area contributed by atoms with E-state index in [0.717, 1.165) is 55.5 Å². The molecule has 2 amide bonds. The van der Waals surface area contributed by atoms with E-state index in [1.54, 1.807) is 6.20 Å². The molecule has 5 aliphatic carbocycles. The first-order valence-corrected chi connectivity index (χ1v) is 12.7. The number of hydrogen-bond donors (Lipinski definition) is 3. The van der Waals surface area contributed by atoms with Crippen molar-refractivity contribution in [1.29, 1.82) is 0 Å². The van der Waals surface area contributed by atoms with E-state index in [2.05, 4.69) is 37.9 Å². The van der Waals surface area contributed by atoms with Crippen LogP contribution in [0.2, 0.25) is 0 Å². The third-order valence-corrected chi connectivity index (χ3v) is 8.02. The molecule has 2 unspecified atom stereocenters. The Morgan fingerprint density at radius 3 is 2.61 bits per heavy atom. The molecule has 2 aromatic heterocycles. The third kappa shape index (κ3) is 4.02. The molecule has 4 bridgehead atoms. The summed E-state index contributed by atoms with van der Waals surface area (Å²) in [5.41, 5.74) is 8.18. The van der Waals surface area contributed by atoms with Crippen LogP contribution in [0.1, 0.15) is 74.8 Å². The van der Waals surface area contributed by atoms with Crippen molar-refractivity contribution in [1.82, 2.24) is 20.4 Å². The summed E-state index contributed by atoms with van der Waals surface area (Å²) in [6.07, 6.45) is 11.5. The first-order valence-electron chi connectivity index (χ1n) is 12.7. The lowest BCUT2D eigenvalue weighted by molar-refractivity contribution is -0.0348. The number of carbonyl (C=O) groups excluding carboxylic acids is 2. The van der Waals surface area contributed by atoms with Gasteiger partial charge in [0, 0.05) is 29.8 Å². The summed E-state index contributed by atoms with van der Waals surface area (Å²) in [6.45, 7) is 5.67. The van der Waals surface area contributed by atoms with Crippen molar-refractivity contribution in [2.75, 3.05) is 5.32 Å². The zero-order chi connectivity index (χ0) is 25.2. The highest BCUT2D eigenvalue weighted by atomic mass is 16.6. The van der Waals surface area contributed by atoms with Crippen molar-refractivity contribution in [2.24, 2.45) is 23.5 Å². The topological polar surface area (TPSA) is 145 Å². The lowest BCUT2D eigenvalue weighted by atomic mass is 9.51. The zero-order valence-corrected chi connectivity index (χ0v) is 20.8. The van der Waals surface area contributed by atoms with E-state index in [0.29, 0.717) is 23.3 Å². The Balaban J connectivity index is 1.28. The van der Waals surface area contributed by atoms with Crippen LogP contribution in [-0.2, 0) is 11.2 Å². The molecule has 4 fully saturated rings. The minimum absolute atomic E-state index is 0.156. The molecule has 2 aromatic rings. The Morgan fingerprint density at radius 2 is 1.94 bits per heavy atom. The number of nitrogens with zero attached hydrogens (tertiary/aromatic N) is 3. The molecule has 0 aliphatic heterocycles. The monoisotopic (exact) mass is 492 g/mol. The van der Waals surface area contributed by atoms with Gasteiger partial charge in [-0.2, -0.15) is 4.98 Å². The number of anilines is 1. The van der Waals surface area contributed by atoms with E-state index in [1.807, 2.05) is 20.8 Å². The number of rotatable bonds is 5. The number of alkyl carbamates (subject to hydrolysis) is 1. The number of allylic oxidation sites excluding steroid dienone is 1. The predicted octanol–water partition coefficient (Wildman–Crippen LogP) is 3.68. The minimum atomic E-state index is -0.739. The van der Waals surface area contributed by atoms with Crippen LogP contribution in [0.4, 0.5) is 10.5 Å². The van der Waals surface area contributed by atoms with Crippen molar-refractivity contribution in [3.05, 3.63) is 29.4 Å². The van der Waals surface area contributed by atoms with E-state index >= 15 is 0 Å². The van der Waals surface area contributed by atoms with Gasteiger partial charge in [-0.1, -0.05) is 17.3 Å². The van der Waals surface area contributed by atoms with E-state index in [9.17, 15) is 9.59 Å². The Bertz CT molecular complexity index is 1250. The molecule has 0 spiro atoms. The number of amides is 2. The van der Waals surface area contributed by atoms with Crippen molar-refractivity contribution in [3.8, 4) is 11.5 Å². The molecule has 10 nitrogen and oxygen atoms in total. The van der Waals surface area contributed by atoms with Gasteiger partial charge >= 0.3 is 6.09 Å². The van der Waals surface area contributed by atoms with Gasteiger partial charge in [0.1, 0.15) is 5.60 Å². The molecule has 190 valence electrons. The van der Waals surface area contributed by atoms with Crippen LogP contribution in [0.25, 0.3) is 17.5 Å². The predicted molar refractivity (Wildman–Crippen MR) is 132 cm³/mol. The van der Waals surface area contributed by atoms with Gasteiger partial charge in [0.25, 0.3) is 17.6 Å². The molecule has 10 heteroatoms. The number of primary amides is 1. The van der Waals surface area contributed by atoms with E-state index in [1.165, 1.54) is 0 Å². The van der Waals surface area contributed by atoms with Crippen molar-refractivity contribution >= 4 is 23.8 Å². The Morgan fingerprint density at radius 1 is 1.19 bits per heavy atom. The van der Waals surface area contributed by atoms with Crippen LogP contribution < -0.4 is 16.4 Å². The molecule has 4 saturated carbocycles. The van der Waals surface area contributed by atoms with Crippen molar-refractivity contribution in [3.63, 3.8) is 0 Å². The largest absolute Gasteiger partial charge is 0.444 e. The van der Waals surface area contributed by atoms with E-state index in [4.69, 9.17) is 15.0 Å². The maximum absolute atomic E-state index is 12.7. The van der Waals surface area contributed by atoms with Gasteiger partial charge in [0.05, 0.1) is 16.9 Å². The third-order valence-electron chi connectivity index (χ3n) is 8.02. The molecule has 4 N–H and O–H groups in total. The molecule has 36 heavy (non-hydrogen) atoms. The first kappa shape index (κ1) is 23.0.